The number of nitrogens with one attached hydrogen (secondary N) is 1. The predicted molar refractivity (Wildman–Crippen MR) is 133 cm³/mol. The highest BCUT2D eigenvalue weighted by Gasteiger charge is 2.30. The molecule has 11 heteroatoms. The van der Waals surface area contributed by atoms with Gasteiger partial charge >= 0.3 is 5.97 Å². The van der Waals surface area contributed by atoms with Crippen LogP contribution in [0.15, 0.2) is 82.8 Å². The third kappa shape index (κ3) is 6.68. The Bertz CT molecular complexity index is 1340. The number of aromatic carboxylic acids is 1. The van der Waals surface area contributed by atoms with Gasteiger partial charge in [-0.25, -0.2) is 18.6 Å². The van der Waals surface area contributed by atoms with Crippen LogP contribution in [0.4, 0.5) is 0 Å². The summed E-state index contributed by atoms with van der Waals surface area (Å²) in [4.78, 5) is 23.5. The third-order valence-electron chi connectivity index (χ3n) is 5.07. The van der Waals surface area contributed by atoms with Crippen LogP contribution in [0, 0.1) is 0 Å². The standard InChI is InChI=1S/C25H25N3O7S/c1-34-21-12-13-22(35-2)23(14-21)36(32,33)28(16-19-6-4-3-5-7-19)17-24(29)27-26-15-18-8-10-20(11-9-18)25(30)31/h3-15H,16-17H2,1-2H3,(H,27,29)(H,30,31)/b26-15+. The van der Waals surface area contributed by atoms with Crippen molar-refractivity contribution in [1.82, 2.24) is 9.73 Å². The van der Waals surface area contributed by atoms with E-state index in [9.17, 15) is 18.0 Å². The van der Waals surface area contributed by atoms with Crippen LogP contribution in [0.25, 0.3) is 0 Å². The van der Waals surface area contributed by atoms with Crippen LogP contribution in [0.5, 0.6) is 11.5 Å². The minimum atomic E-state index is -4.20. The second-order valence-corrected chi connectivity index (χ2v) is 9.40. The Morgan fingerprint density at radius 3 is 2.31 bits per heavy atom. The van der Waals surface area contributed by atoms with Crippen LogP contribution in [-0.4, -0.2) is 56.7 Å². The van der Waals surface area contributed by atoms with Gasteiger partial charge in [-0.3, -0.25) is 4.79 Å². The van der Waals surface area contributed by atoms with E-state index in [1.165, 1.54) is 56.8 Å². The van der Waals surface area contributed by atoms with Crippen molar-refractivity contribution in [2.75, 3.05) is 20.8 Å². The fraction of sp³-hybridized carbons (Fsp3) is 0.160. The lowest BCUT2D eigenvalue weighted by molar-refractivity contribution is -0.121. The van der Waals surface area contributed by atoms with Gasteiger partial charge in [0.2, 0.25) is 10.0 Å². The molecule has 2 N–H and O–H groups in total. The zero-order valence-electron chi connectivity index (χ0n) is 19.6. The molecule has 1 amide bonds. The summed E-state index contributed by atoms with van der Waals surface area (Å²) < 4.78 is 38.7. The Hall–Kier alpha value is -4.22. The quantitative estimate of drug-likeness (QED) is 0.299. The summed E-state index contributed by atoms with van der Waals surface area (Å²) in [7, 11) is -1.43. The van der Waals surface area contributed by atoms with Crippen molar-refractivity contribution in [2.45, 2.75) is 11.4 Å². The number of carboxylic acids is 1. The number of hydrogen-bond acceptors (Lipinski definition) is 7. The minimum Gasteiger partial charge on any atom is -0.497 e. The molecule has 36 heavy (non-hydrogen) atoms. The highest BCUT2D eigenvalue weighted by atomic mass is 32.2. The second kappa shape index (κ2) is 12.0. The molecule has 0 saturated heterocycles. The first kappa shape index (κ1) is 26.4. The second-order valence-electron chi connectivity index (χ2n) is 7.50. The fourth-order valence-electron chi connectivity index (χ4n) is 3.22. The molecule has 0 fully saturated rings. The first-order chi connectivity index (χ1) is 17.2. The molecule has 3 rings (SSSR count). The van der Waals surface area contributed by atoms with E-state index in [4.69, 9.17) is 14.6 Å². The fourth-order valence-corrected chi connectivity index (χ4v) is 4.78. The van der Waals surface area contributed by atoms with Crippen molar-refractivity contribution >= 4 is 28.1 Å². The Balaban J connectivity index is 1.83. The molecular weight excluding hydrogens is 486 g/mol. The van der Waals surface area contributed by atoms with Gasteiger partial charge in [0.05, 0.1) is 32.5 Å². The number of nitrogens with zero attached hydrogens (tertiary/aromatic N) is 2. The SMILES string of the molecule is COc1ccc(OC)c(S(=O)(=O)N(CC(=O)N/N=C/c2ccc(C(=O)O)cc2)Cc2ccccc2)c1. The summed E-state index contributed by atoms with van der Waals surface area (Å²) in [6.07, 6.45) is 1.32. The van der Waals surface area contributed by atoms with Crippen LogP contribution in [0.2, 0.25) is 0 Å². The normalized spacial score (nSPS) is 11.4. The molecule has 0 bridgehead atoms. The van der Waals surface area contributed by atoms with Crippen molar-refractivity contribution in [3.8, 4) is 11.5 Å². The van der Waals surface area contributed by atoms with Crippen molar-refractivity contribution < 1.29 is 32.6 Å². The third-order valence-corrected chi connectivity index (χ3v) is 6.88. The molecule has 0 saturated carbocycles. The number of carbonyl (C=O) groups is 2. The maximum atomic E-state index is 13.6. The van der Waals surface area contributed by atoms with E-state index in [1.54, 1.807) is 36.4 Å². The number of rotatable bonds is 11. The summed E-state index contributed by atoms with van der Waals surface area (Å²) >= 11 is 0. The molecule has 0 unspecified atom stereocenters. The Labute approximate surface area is 208 Å². The molecule has 0 aromatic heterocycles. The molecule has 0 heterocycles. The lowest BCUT2D eigenvalue weighted by Crippen LogP contribution is -2.39. The van der Waals surface area contributed by atoms with E-state index in [1.807, 2.05) is 0 Å². The Morgan fingerprint density at radius 1 is 1.00 bits per heavy atom. The van der Waals surface area contributed by atoms with Crippen LogP contribution in [-0.2, 0) is 21.4 Å². The molecule has 0 aliphatic carbocycles. The number of sulfonamides is 1. The Kier molecular flexibility index (Phi) is 8.76. The van der Waals surface area contributed by atoms with Crippen LogP contribution in [0.1, 0.15) is 21.5 Å². The van der Waals surface area contributed by atoms with Crippen molar-refractivity contribution in [1.29, 1.82) is 0 Å². The molecule has 3 aromatic carbocycles. The molecule has 0 atom stereocenters. The first-order valence-corrected chi connectivity index (χ1v) is 12.1. The summed E-state index contributed by atoms with van der Waals surface area (Å²) in [6.45, 7) is -0.593. The van der Waals surface area contributed by atoms with Crippen LogP contribution in [0.3, 0.4) is 0 Å². The smallest absolute Gasteiger partial charge is 0.335 e. The number of carbonyl (C=O) groups excluding carboxylic acids is 1. The number of benzene rings is 3. The van der Waals surface area contributed by atoms with Gasteiger partial charge in [-0.1, -0.05) is 42.5 Å². The predicted octanol–water partition coefficient (Wildman–Crippen LogP) is 2.74. The number of methoxy groups -OCH3 is 2. The number of amides is 1. The van der Waals surface area contributed by atoms with E-state index in [0.29, 0.717) is 16.9 Å². The van der Waals surface area contributed by atoms with E-state index < -0.39 is 28.4 Å². The average molecular weight is 512 g/mol. The van der Waals surface area contributed by atoms with Crippen LogP contribution >= 0.6 is 0 Å². The van der Waals surface area contributed by atoms with E-state index in [2.05, 4.69) is 10.5 Å². The number of hydrogen-bond donors (Lipinski definition) is 2. The average Bonchev–Trinajstić information content (AvgIpc) is 2.88. The topological polar surface area (TPSA) is 135 Å². The monoisotopic (exact) mass is 511 g/mol. The molecular formula is C25H25N3O7S. The van der Waals surface area contributed by atoms with Gasteiger partial charge in [-0.05, 0) is 35.4 Å². The minimum absolute atomic E-state index is 0.0721. The van der Waals surface area contributed by atoms with Crippen molar-refractivity contribution in [3.05, 3.63) is 89.5 Å². The largest absolute Gasteiger partial charge is 0.497 e. The van der Waals surface area contributed by atoms with Gasteiger partial charge in [0.25, 0.3) is 5.91 Å². The highest BCUT2D eigenvalue weighted by Crippen LogP contribution is 2.31. The number of carboxylic acid groups (broad SMARTS) is 1. The molecule has 0 spiro atoms. The zero-order valence-corrected chi connectivity index (χ0v) is 20.4. The Morgan fingerprint density at radius 2 is 1.69 bits per heavy atom. The van der Waals surface area contributed by atoms with Gasteiger partial charge in [-0.15, -0.1) is 0 Å². The first-order valence-electron chi connectivity index (χ1n) is 10.7. The maximum absolute atomic E-state index is 13.6. The van der Waals surface area contributed by atoms with Gasteiger partial charge in [0.15, 0.2) is 0 Å². The molecule has 3 aromatic rings. The van der Waals surface area contributed by atoms with Crippen molar-refractivity contribution in [2.24, 2.45) is 5.10 Å². The summed E-state index contributed by atoms with van der Waals surface area (Å²) in [6, 6.07) is 19.1. The van der Waals surface area contributed by atoms with Crippen molar-refractivity contribution in [3.63, 3.8) is 0 Å². The van der Waals surface area contributed by atoms with Gasteiger partial charge in [0.1, 0.15) is 16.4 Å². The van der Waals surface area contributed by atoms with Crippen LogP contribution < -0.4 is 14.9 Å². The summed E-state index contributed by atoms with van der Waals surface area (Å²) in [5.41, 5.74) is 3.66. The zero-order chi connectivity index (χ0) is 26.1. The molecule has 188 valence electrons. The number of hydrazone groups is 1. The molecule has 0 radical (unpaired) electrons. The van der Waals surface area contributed by atoms with E-state index >= 15 is 0 Å². The molecule has 0 aliphatic rings. The van der Waals surface area contributed by atoms with Gasteiger partial charge in [0, 0.05) is 12.6 Å². The van der Waals surface area contributed by atoms with Gasteiger partial charge in [-0.2, -0.15) is 9.41 Å². The number of ether oxygens (including phenoxy) is 2. The highest BCUT2D eigenvalue weighted by molar-refractivity contribution is 7.89. The molecule has 0 aliphatic heterocycles. The summed E-state index contributed by atoms with van der Waals surface area (Å²) in [5, 5.41) is 12.8. The lowest BCUT2D eigenvalue weighted by atomic mass is 10.1. The lowest BCUT2D eigenvalue weighted by Gasteiger charge is -2.23. The molecule has 10 nitrogen and oxygen atoms in total. The summed E-state index contributed by atoms with van der Waals surface area (Å²) in [5.74, 6) is -1.30. The maximum Gasteiger partial charge on any atom is 0.335 e. The van der Waals surface area contributed by atoms with E-state index in [-0.39, 0.29) is 22.8 Å². The van der Waals surface area contributed by atoms with E-state index in [0.717, 1.165) is 4.31 Å². The van der Waals surface area contributed by atoms with Gasteiger partial charge < -0.3 is 14.6 Å².